The van der Waals surface area contributed by atoms with Crippen LogP contribution in [0.4, 0.5) is 17.1 Å². The summed E-state index contributed by atoms with van der Waals surface area (Å²) in [5.41, 5.74) is 9.00. The van der Waals surface area contributed by atoms with Crippen molar-refractivity contribution in [2.75, 3.05) is 4.90 Å². The number of fused-ring (bicyclic) bond motifs is 10. The zero-order valence-corrected chi connectivity index (χ0v) is 27.2. The Morgan fingerprint density at radius 3 is 2.02 bits per heavy atom. The molecule has 2 heterocycles. The lowest BCUT2D eigenvalue weighted by atomic mass is 9.82. The molecule has 9 aromatic rings. The SMILES string of the molecule is CC1(C)c2ccccc2-c2c(N(c3ccc4c(c3)sc3ccccc34)c3c4ccccc4cc4sc5ccccc5c34)cccc21. The first-order chi connectivity index (χ1) is 22.6. The van der Waals surface area contributed by atoms with Gasteiger partial charge in [-0.3, -0.25) is 0 Å². The molecule has 0 saturated carbocycles. The summed E-state index contributed by atoms with van der Waals surface area (Å²) in [7, 11) is 0. The van der Waals surface area contributed by atoms with Gasteiger partial charge in [-0.05, 0) is 58.5 Å². The summed E-state index contributed by atoms with van der Waals surface area (Å²) in [4.78, 5) is 2.59. The minimum atomic E-state index is -0.0911. The highest BCUT2D eigenvalue weighted by atomic mass is 32.1. The number of nitrogens with zero attached hydrogens (tertiary/aromatic N) is 1. The average molecular weight is 624 g/mol. The second-order valence-corrected chi connectivity index (χ2v) is 15.1. The smallest absolute Gasteiger partial charge is 0.0633 e. The molecule has 0 aliphatic heterocycles. The summed E-state index contributed by atoms with van der Waals surface area (Å²) in [6.07, 6.45) is 0. The molecular formula is C43H29NS2. The van der Waals surface area contributed by atoms with Crippen molar-refractivity contribution >= 4 is 90.9 Å². The van der Waals surface area contributed by atoms with Crippen LogP contribution in [0.15, 0.2) is 140 Å². The standard InChI is InChI=1S/C43H29NS2/c1-43(2)33-17-8-5-15-31(33)40-34(43)18-11-19-35(40)44(27-22-23-30-29-14-6-9-20-36(29)45-38(30)25-27)42-28-13-4-3-12-26(28)24-39-41(42)32-16-7-10-21-37(32)46-39/h3-25H,1-2H3. The van der Waals surface area contributed by atoms with Crippen molar-refractivity contribution in [1.29, 1.82) is 0 Å². The number of thiophene rings is 2. The van der Waals surface area contributed by atoms with E-state index in [1.807, 2.05) is 22.7 Å². The molecule has 0 unspecified atom stereocenters. The number of anilines is 3. The van der Waals surface area contributed by atoms with E-state index >= 15 is 0 Å². The van der Waals surface area contributed by atoms with Crippen LogP contribution >= 0.6 is 22.7 Å². The fourth-order valence-electron chi connectivity index (χ4n) is 7.92. The quantitative estimate of drug-likeness (QED) is 0.189. The number of benzene rings is 7. The van der Waals surface area contributed by atoms with E-state index in [2.05, 4.69) is 158 Å². The van der Waals surface area contributed by atoms with E-state index in [-0.39, 0.29) is 5.41 Å². The molecule has 218 valence electrons. The van der Waals surface area contributed by atoms with Crippen LogP contribution in [0.1, 0.15) is 25.0 Å². The first-order valence-electron chi connectivity index (χ1n) is 15.9. The first-order valence-corrected chi connectivity index (χ1v) is 17.5. The van der Waals surface area contributed by atoms with Crippen LogP contribution in [0.25, 0.3) is 62.2 Å². The zero-order valence-electron chi connectivity index (χ0n) is 25.5. The van der Waals surface area contributed by atoms with Gasteiger partial charge in [0.15, 0.2) is 0 Å². The molecule has 2 aromatic heterocycles. The third kappa shape index (κ3) is 3.56. The maximum absolute atomic E-state index is 2.59. The van der Waals surface area contributed by atoms with E-state index in [9.17, 15) is 0 Å². The Balaban J connectivity index is 1.38. The second kappa shape index (κ2) is 9.53. The van der Waals surface area contributed by atoms with Crippen molar-refractivity contribution in [1.82, 2.24) is 0 Å². The Hall–Kier alpha value is -4.96. The number of hydrogen-bond acceptors (Lipinski definition) is 3. The van der Waals surface area contributed by atoms with Gasteiger partial charge < -0.3 is 4.90 Å². The molecule has 46 heavy (non-hydrogen) atoms. The van der Waals surface area contributed by atoms with Gasteiger partial charge in [0, 0.05) is 62.4 Å². The Bertz CT molecular complexity index is 2690. The van der Waals surface area contributed by atoms with Gasteiger partial charge in [-0.15, -0.1) is 22.7 Å². The van der Waals surface area contributed by atoms with Gasteiger partial charge in [0.1, 0.15) is 0 Å². The van der Waals surface area contributed by atoms with Crippen molar-refractivity contribution in [3.05, 3.63) is 151 Å². The molecular weight excluding hydrogens is 595 g/mol. The molecule has 10 rings (SSSR count). The molecule has 3 heteroatoms. The molecule has 0 N–H and O–H groups in total. The number of hydrogen-bond donors (Lipinski definition) is 0. The monoisotopic (exact) mass is 623 g/mol. The van der Waals surface area contributed by atoms with Gasteiger partial charge in [-0.25, -0.2) is 0 Å². The van der Waals surface area contributed by atoms with Crippen LogP contribution in [-0.4, -0.2) is 0 Å². The minimum Gasteiger partial charge on any atom is -0.309 e. The zero-order chi connectivity index (χ0) is 30.6. The molecule has 0 spiro atoms. The van der Waals surface area contributed by atoms with Gasteiger partial charge in [0.05, 0.1) is 11.4 Å². The molecule has 0 bridgehead atoms. The van der Waals surface area contributed by atoms with Crippen LogP contribution in [0.5, 0.6) is 0 Å². The molecule has 1 aliphatic rings. The molecule has 1 aliphatic carbocycles. The minimum absolute atomic E-state index is 0.0911. The second-order valence-electron chi connectivity index (χ2n) is 12.9. The highest BCUT2D eigenvalue weighted by Gasteiger charge is 2.38. The number of rotatable bonds is 3. The average Bonchev–Trinajstić information content (AvgIpc) is 3.72. The summed E-state index contributed by atoms with van der Waals surface area (Å²) in [5.74, 6) is 0. The fraction of sp³-hybridized carbons (Fsp3) is 0.0698. The van der Waals surface area contributed by atoms with Crippen LogP contribution < -0.4 is 4.90 Å². The summed E-state index contributed by atoms with van der Waals surface area (Å²) in [5, 5.41) is 7.80. The van der Waals surface area contributed by atoms with Crippen molar-refractivity contribution < 1.29 is 0 Å². The van der Waals surface area contributed by atoms with Crippen molar-refractivity contribution in [2.45, 2.75) is 19.3 Å². The highest BCUT2D eigenvalue weighted by Crippen LogP contribution is 2.56. The van der Waals surface area contributed by atoms with Crippen LogP contribution in [0, 0.1) is 0 Å². The lowest BCUT2D eigenvalue weighted by molar-refractivity contribution is 0.660. The normalized spacial score (nSPS) is 13.6. The van der Waals surface area contributed by atoms with Crippen LogP contribution in [-0.2, 0) is 5.41 Å². The van der Waals surface area contributed by atoms with E-state index in [0.29, 0.717) is 0 Å². The predicted molar refractivity (Wildman–Crippen MR) is 202 cm³/mol. The third-order valence-electron chi connectivity index (χ3n) is 10.0. The van der Waals surface area contributed by atoms with Crippen LogP contribution in [0.2, 0.25) is 0 Å². The molecule has 1 nitrogen and oxygen atoms in total. The van der Waals surface area contributed by atoms with Crippen molar-refractivity contribution in [3.63, 3.8) is 0 Å². The largest absolute Gasteiger partial charge is 0.309 e. The van der Waals surface area contributed by atoms with Crippen molar-refractivity contribution in [2.24, 2.45) is 0 Å². The Kier molecular flexibility index (Phi) is 5.44. The lowest BCUT2D eigenvalue weighted by Gasteiger charge is -2.30. The van der Waals surface area contributed by atoms with Crippen LogP contribution in [0.3, 0.4) is 0 Å². The molecule has 7 aromatic carbocycles. The van der Waals surface area contributed by atoms with E-state index < -0.39 is 0 Å². The lowest BCUT2D eigenvalue weighted by Crippen LogP contribution is -2.16. The maximum atomic E-state index is 2.59. The summed E-state index contributed by atoms with van der Waals surface area (Å²) in [6.45, 7) is 4.75. The molecule has 0 saturated heterocycles. The topological polar surface area (TPSA) is 3.24 Å². The van der Waals surface area contributed by atoms with Gasteiger partial charge >= 0.3 is 0 Å². The first kappa shape index (κ1) is 26.3. The molecule has 0 radical (unpaired) electrons. The molecule has 0 atom stereocenters. The van der Waals surface area contributed by atoms with E-state index in [0.717, 1.165) is 0 Å². The van der Waals surface area contributed by atoms with Gasteiger partial charge in [0.25, 0.3) is 0 Å². The van der Waals surface area contributed by atoms with E-state index in [1.54, 1.807) is 0 Å². The summed E-state index contributed by atoms with van der Waals surface area (Å²) < 4.78 is 5.27. The van der Waals surface area contributed by atoms with Gasteiger partial charge in [-0.1, -0.05) is 117 Å². The molecule has 0 amide bonds. The Labute approximate surface area is 275 Å². The fourth-order valence-corrected chi connectivity index (χ4v) is 10.2. The highest BCUT2D eigenvalue weighted by molar-refractivity contribution is 7.26. The van der Waals surface area contributed by atoms with E-state index in [1.165, 1.54) is 90.4 Å². The van der Waals surface area contributed by atoms with Gasteiger partial charge in [0.2, 0.25) is 0 Å². The summed E-state index contributed by atoms with van der Waals surface area (Å²) in [6, 6.07) is 52.1. The maximum Gasteiger partial charge on any atom is 0.0633 e. The van der Waals surface area contributed by atoms with Gasteiger partial charge in [-0.2, -0.15) is 0 Å². The summed E-state index contributed by atoms with van der Waals surface area (Å²) >= 11 is 3.78. The van der Waals surface area contributed by atoms with Crippen molar-refractivity contribution in [3.8, 4) is 11.1 Å². The third-order valence-corrected chi connectivity index (χ3v) is 12.3. The van der Waals surface area contributed by atoms with E-state index in [4.69, 9.17) is 0 Å². The Morgan fingerprint density at radius 2 is 1.15 bits per heavy atom. The molecule has 0 fully saturated rings. The predicted octanol–water partition coefficient (Wildman–Crippen LogP) is 13.4. The Morgan fingerprint density at radius 1 is 0.500 bits per heavy atom.